The van der Waals surface area contributed by atoms with Crippen molar-refractivity contribution in [3.63, 3.8) is 0 Å². The van der Waals surface area contributed by atoms with E-state index in [9.17, 15) is 14.4 Å². The molecule has 0 aliphatic heterocycles. The van der Waals surface area contributed by atoms with Gasteiger partial charge in [-0.3, -0.25) is 14.4 Å². The predicted octanol–water partition coefficient (Wildman–Crippen LogP) is -1.39. The maximum Gasteiger partial charge on any atom is 0.237 e. The molecule has 2 unspecified atom stereocenters. The number of nitrogens with one attached hydrogen (secondary N) is 2. The Morgan fingerprint density at radius 1 is 1.28 bits per heavy atom. The SMILES string of the molecule is CCC(C)NC(=O)CCNC(=O)C(N)CC(N)=O. The molecule has 0 aliphatic carbocycles. The fraction of sp³-hybridized carbons (Fsp3) is 0.727. The van der Waals surface area contributed by atoms with Gasteiger partial charge in [0, 0.05) is 19.0 Å². The first-order chi connectivity index (χ1) is 8.36. The number of rotatable bonds is 8. The summed E-state index contributed by atoms with van der Waals surface area (Å²) in [6.07, 6.45) is 0.825. The molecule has 0 saturated heterocycles. The van der Waals surface area contributed by atoms with E-state index in [1.807, 2.05) is 13.8 Å². The van der Waals surface area contributed by atoms with Crippen LogP contribution in [0.1, 0.15) is 33.1 Å². The molecule has 3 amide bonds. The molecule has 104 valence electrons. The molecular formula is C11H22N4O3. The summed E-state index contributed by atoms with van der Waals surface area (Å²) >= 11 is 0. The first kappa shape index (κ1) is 16.4. The zero-order chi connectivity index (χ0) is 14.1. The third-order valence-electron chi connectivity index (χ3n) is 2.43. The Morgan fingerprint density at radius 2 is 1.89 bits per heavy atom. The van der Waals surface area contributed by atoms with Gasteiger partial charge in [0.05, 0.1) is 12.5 Å². The van der Waals surface area contributed by atoms with Crippen LogP contribution in [0.5, 0.6) is 0 Å². The van der Waals surface area contributed by atoms with E-state index in [0.717, 1.165) is 6.42 Å². The zero-order valence-corrected chi connectivity index (χ0v) is 10.9. The van der Waals surface area contributed by atoms with Crippen LogP contribution in [0.2, 0.25) is 0 Å². The smallest absolute Gasteiger partial charge is 0.237 e. The maximum absolute atomic E-state index is 11.4. The Bertz CT molecular complexity index is 307. The number of hydrogen-bond acceptors (Lipinski definition) is 4. The molecule has 0 saturated carbocycles. The second-order valence-electron chi connectivity index (χ2n) is 4.19. The Morgan fingerprint density at radius 3 is 2.39 bits per heavy atom. The highest BCUT2D eigenvalue weighted by Crippen LogP contribution is 1.90. The fourth-order valence-electron chi connectivity index (χ4n) is 1.19. The highest BCUT2D eigenvalue weighted by Gasteiger charge is 2.15. The Balaban J connectivity index is 3.80. The van der Waals surface area contributed by atoms with Crippen molar-refractivity contribution >= 4 is 17.7 Å². The number of primary amides is 1. The van der Waals surface area contributed by atoms with Gasteiger partial charge in [-0.25, -0.2) is 0 Å². The molecule has 0 fully saturated rings. The monoisotopic (exact) mass is 258 g/mol. The van der Waals surface area contributed by atoms with Gasteiger partial charge in [-0.2, -0.15) is 0 Å². The van der Waals surface area contributed by atoms with Gasteiger partial charge in [-0.15, -0.1) is 0 Å². The van der Waals surface area contributed by atoms with Crippen LogP contribution in [-0.2, 0) is 14.4 Å². The van der Waals surface area contributed by atoms with Crippen LogP contribution in [0.3, 0.4) is 0 Å². The molecule has 0 aliphatic rings. The largest absolute Gasteiger partial charge is 0.370 e. The average molecular weight is 258 g/mol. The van der Waals surface area contributed by atoms with Gasteiger partial charge in [0.25, 0.3) is 0 Å². The van der Waals surface area contributed by atoms with Gasteiger partial charge in [-0.05, 0) is 13.3 Å². The van der Waals surface area contributed by atoms with Gasteiger partial charge >= 0.3 is 0 Å². The van der Waals surface area contributed by atoms with Crippen molar-refractivity contribution in [2.24, 2.45) is 11.5 Å². The summed E-state index contributed by atoms with van der Waals surface area (Å²) in [7, 11) is 0. The van der Waals surface area contributed by atoms with E-state index in [-0.39, 0.29) is 31.3 Å². The number of carbonyl (C=O) groups is 3. The van der Waals surface area contributed by atoms with E-state index in [0.29, 0.717) is 0 Å². The second-order valence-corrected chi connectivity index (χ2v) is 4.19. The summed E-state index contributed by atoms with van der Waals surface area (Å²) < 4.78 is 0. The van der Waals surface area contributed by atoms with Crippen LogP contribution in [0, 0.1) is 0 Å². The van der Waals surface area contributed by atoms with Gasteiger partial charge in [-0.1, -0.05) is 6.92 Å². The Kier molecular flexibility index (Phi) is 7.69. The quantitative estimate of drug-likeness (QED) is 0.427. The van der Waals surface area contributed by atoms with Crippen molar-refractivity contribution in [1.29, 1.82) is 0 Å². The molecule has 7 nitrogen and oxygen atoms in total. The second kappa shape index (κ2) is 8.46. The van der Waals surface area contributed by atoms with Crippen LogP contribution in [-0.4, -0.2) is 36.3 Å². The van der Waals surface area contributed by atoms with E-state index in [2.05, 4.69) is 10.6 Å². The van der Waals surface area contributed by atoms with Gasteiger partial charge < -0.3 is 22.1 Å². The summed E-state index contributed by atoms with van der Waals surface area (Å²) in [5.41, 5.74) is 10.3. The lowest BCUT2D eigenvalue weighted by Crippen LogP contribution is -2.44. The number of hydrogen-bond donors (Lipinski definition) is 4. The van der Waals surface area contributed by atoms with Crippen LogP contribution in [0.15, 0.2) is 0 Å². The lowest BCUT2D eigenvalue weighted by atomic mass is 10.2. The van der Waals surface area contributed by atoms with Crippen molar-refractivity contribution in [2.75, 3.05) is 6.54 Å². The van der Waals surface area contributed by atoms with E-state index in [1.54, 1.807) is 0 Å². The Hall–Kier alpha value is -1.63. The molecule has 2 atom stereocenters. The van der Waals surface area contributed by atoms with E-state index < -0.39 is 17.9 Å². The molecule has 0 aromatic heterocycles. The van der Waals surface area contributed by atoms with Gasteiger partial charge in [0.2, 0.25) is 17.7 Å². The number of carbonyl (C=O) groups excluding carboxylic acids is 3. The van der Waals surface area contributed by atoms with Crippen molar-refractivity contribution in [3.8, 4) is 0 Å². The lowest BCUT2D eigenvalue weighted by molar-refractivity contribution is -0.126. The van der Waals surface area contributed by atoms with Crippen LogP contribution < -0.4 is 22.1 Å². The molecular weight excluding hydrogens is 236 g/mol. The minimum Gasteiger partial charge on any atom is -0.370 e. The molecule has 0 radical (unpaired) electrons. The molecule has 7 heteroatoms. The van der Waals surface area contributed by atoms with Crippen molar-refractivity contribution in [3.05, 3.63) is 0 Å². The molecule has 0 bridgehead atoms. The lowest BCUT2D eigenvalue weighted by Gasteiger charge is -2.13. The van der Waals surface area contributed by atoms with Crippen molar-refractivity contribution < 1.29 is 14.4 Å². The summed E-state index contributed by atoms with van der Waals surface area (Å²) in [6.45, 7) is 4.06. The third kappa shape index (κ3) is 7.61. The van der Waals surface area contributed by atoms with Crippen LogP contribution in [0.25, 0.3) is 0 Å². The molecule has 6 N–H and O–H groups in total. The molecule has 0 aromatic rings. The standard InChI is InChI=1S/C11H22N4O3/c1-3-7(2)15-10(17)4-5-14-11(18)8(12)6-9(13)16/h7-8H,3-6,12H2,1-2H3,(H2,13,16)(H,14,18)(H,15,17). The Labute approximate surface area is 107 Å². The normalized spacial score (nSPS) is 13.5. The molecule has 18 heavy (non-hydrogen) atoms. The maximum atomic E-state index is 11.4. The van der Waals surface area contributed by atoms with E-state index in [4.69, 9.17) is 11.5 Å². The minimum atomic E-state index is -0.958. The van der Waals surface area contributed by atoms with Crippen molar-refractivity contribution in [1.82, 2.24) is 10.6 Å². The topological polar surface area (TPSA) is 127 Å². The third-order valence-corrected chi connectivity index (χ3v) is 2.43. The predicted molar refractivity (Wildman–Crippen MR) is 67.3 cm³/mol. The number of amides is 3. The average Bonchev–Trinajstić information content (AvgIpc) is 2.27. The van der Waals surface area contributed by atoms with E-state index >= 15 is 0 Å². The molecule has 0 aromatic carbocycles. The molecule has 0 heterocycles. The van der Waals surface area contributed by atoms with E-state index in [1.165, 1.54) is 0 Å². The highest BCUT2D eigenvalue weighted by atomic mass is 16.2. The van der Waals surface area contributed by atoms with Gasteiger partial charge in [0.15, 0.2) is 0 Å². The molecule has 0 rings (SSSR count). The number of nitrogens with two attached hydrogens (primary N) is 2. The summed E-state index contributed by atoms with van der Waals surface area (Å²) in [6, 6.07) is -0.842. The zero-order valence-electron chi connectivity index (χ0n) is 10.9. The first-order valence-corrected chi connectivity index (χ1v) is 5.97. The molecule has 0 spiro atoms. The fourth-order valence-corrected chi connectivity index (χ4v) is 1.19. The van der Waals surface area contributed by atoms with Crippen LogP contribution in [0.4, 0.5) is 0 Å². The summed E-state index contributed by atoms with van der Waals surface area (Å²) in [4.78, 5) is 33.3. The minimum absolute atomic E-state index is 0.116. The summed E-state index contributed by atoms with van der Waals surface area (Å²) in [5, 5.41) is 5.25. The summed E-state index contributed by atoms with van der Waals surface area (Å²) in [5.74, 6) is -1.24. The highest BCUT2D eigenvalue weighted by molar-refractivity contribution is 5.87. The van der Waals surface area contributed by atoms with Gasteiger partial charge in [0.1, 0.15) is 0 Å². The van der Waals surface area contributed by atoms with Crippen molar-refractivity contribution in [2.45, 2.75) is 45.2 Å². The first-order valence-electron chi connectivity index (χ1n) is 5.97. The van der Waals surface area contributed by atoms with Crippen LogP contribution >= 0.6 is 0 Å².